The summed E-state index contributed by atoms with van der Waals surface area (Å²) in [5, 5.41) is 12.8. The van der Waals surface area contributed by atoms with Crippen LogP contribution in [0.2, 0.25) is 0 Å². The van der Waals surface area contributed by atoms with Gasteiger partial charge in [-0.25, -0.2) is 0 Å². The average molecular weight is 250 g/mol. The Labute approximate surface area is 104 Å². The number of hydrogen-bond donors (Lipinski definition) is 1. The van der Waals surface area contributed by atoms with Crippen molar-refractivity contribution in [3.05, 3.63) is 41.5 Å². The third-order valence-corrected chi connectivity index (χ3v) is 3.29. The van der Waals surface area contributed by atoms with Crippen molar-refractivity contribution in [2.24, 2.45) is 0 Å². The van der Waals surface area contributed by atoms with Gasteiger partial charge in [0.1, 0.15) is 0 Å². The number of hydrogen-bond acceptors (Lipinski definition) is 5. The van der Waals surface area contributed by atoms with Crippen LogP contribution >= 0.6 is 11.8 Å². The Balaban J connectivity index is 1.92. The number of aryl methyl sites for hydroxylation is 1. The first-order valence-corrected chi connectivity index (χ1v) is 6.44. The monoisotopic (exact) mass is 250 g/mol. The van der Waals surface area contributed by atoms with Crippen LogP contribution in [-0.2, 0) is 18.8 Å². The molecule has 5 heteroatoms. The molecule has 90 valence electrons. The van der Waals surface area contributed by atoms with Crippen LogP contribution in [0.3, 0.4) is 0 Å². The summed E-state index contributed by atoms with van der Waals surface area (Å²) >= 11 is 1.64. The molecule has 0 aliphatic carbocycles. The quantitative estimate of drug-likeness (QED) is 0.826. The number of aliphatic hydroxyl groups is 1. The topological polar surface area (TPSA) is 59.2 Å². The third-order valence-electron chi connectivity index (χ3n) is 2.29. The molecule has 17 heavy (non-hydrogen) atoms. The van der Waals surface area contributed by atoms with Gasteiger partial charge in [-0.05, 0) is 17.7 Å². The molecule has 0 unspecified atom stereocenters. The Hall–Kier alpha value is -1.33. The largest absolute Gasteiger partial charge is 0.392 e. The van der Waals surface area contributed by atoms with E-state index in [1.165, 1.54) is 0 Å². The Morgan fingerprint density at radius 2 is 2.06 bits per heavy atom. The predicted molar refractivity (Wildman–Crippen MR) is 65.6 cm³/mol. The SMILES string of the molecule is CCc1noc(CSc2ccc(CO)cc2)n1. The zero-order chi connectivity index (χ0) is 12.1. The number of nitrogens with zero attached hydrogens (tertiary/aromatic N) is 2. The molecule has 4 nitrogen and oxygen atoms in total. The van der Waals surface area contributed by atoms with Crippen molar-refractivity contribution in [3.63, 3.8) is 0 Å². The maximum atomic E-state index is 8.93. The zero-order valence-corrected chi connectivity index (χ0v) is 10.4. The molecule has 1 N–H and O–H groups in total. The van der Waals surface area contributed by atoms with Crippen molar-refractivity contribution in [1.29, 1.82) is 0 Å². The van der Waals surface area contributed by atoms with Crippen LogP contribution < -0.4 is 0 Å². The lowest BCUT2D eigenvalue weighted by molar-refractivity contribution is 0.282. The summed E-state index contributed by atoms with van der Waals surface area (Å²) in [6.45, 7) is 2.07. The van der Waals surface area contributed by atoms with Crippen LogP contribution in [0.1, 0.15) is 24.2 Å². The summed E-state index contributed by atoms with van der Waals surface area (Å²) in [7, 11) is 0. The van der Waals surface area contributed by atoms with Crippen molar-refractivity contribution in [2.75, 3.05) is 0 Å². The first-order valence-electron chi connectivity index (χ1n) is 5.46. The Kier molecular flexibility index (Phi) is 4.17. The lowest BCUT2D eigenvalue weighted by Gasteiger charge is -1.99. The normalized spacial score (nSPS) is 10.7. The van der Waals surface area contributed by atoms with Gasteiger partial charge in [0.05, 0.1) is 12.4 Å². The van der Waals surface area contributed by atoms with Crippen molar-refractivity contribution in [3.8, 4) is 0 Å². The highest BCUT2D eigenvalue weighted by Gasteiger charge is 2.05. The molecule has 2 rings (SSSR count). The van der Waals surface area contributed by atoms with Gasteiger partial charge in [-0.3, -0.25) is 0 Å². The molecular formula is C12H14N2O2S. The van der Waals surface area contributed by atoms with Crippen LogP contribution in [0.25, 0.3) is 0 Å². The molecule has 0 atom stereocenters. The summed E-state index contributed by atoms with van der Waals surface area (Å²) in [6, 6.07) is 7.78. The maximum absolute atomic E-state index is 8.93. The van der Waals surface area contributed by atoms with E-state index in [0.717, 1.165) is 22.7 Å². The van der Waals surface area contributed by atoms with Crippen LogP contribution in [-0.4, -0.2) is 15.2 Å². The highest BCUT2D eigenvalue weighted by molar-refractivity contribution is 7.98. The number of thioether (sulfide) groups is 1. The minimum absolute atomic E-state index is 0.0778. The molecule has 1 aromatic carbocycles. The number of rotatable bonds is 5. The van der Waals surface area contributed by atoms with E-state index in [0.29, 0.717) is 11.6 Å². The minimum atomic E-state index is 0.0778. The van der Waals surface area contributed by atoms with Crippen molar-refractivity contribution < 1.29 is 9.63 Å². The smallest absolute Gasteiger partial charge is 0.237 e. The summed E-state index contributed by atoms with van der Waals surface area (Å²) in [4.78, 5) is 5.36. The van der Waals surface area contributed by atoms with Crippen molar-refractivity contribution in [2.45, 2.75) is 30.6 Å². The molecule has 1 aromatic heterocycles. The van der Waals surface area contributed by atoms with E-state index in [1.54, 1.807) is 11.8 Å². The van der Waals surface area contributed by atoms with Gasteiger partial charge in [0, 0.05) is 11.3 Å². The highest BCUT2D eigenvalue weighted by atomic mass is 32.2. The van der Waals surface area contributed by atoms with Crippen LogP contribution in [0.5, 0.6) is 0 Å². The van der Waals surface area contributed by atoms with Gasteiger partial charge in [0.15, 0.2) is 5.82 Å². The van der Waals surface area contributed by atoms with Gasteiger partial charge in [0.25, 0.3) is 0 Å². The summed E-state index contributed by atoms with van der Waals surface area (Å²) in [5.41, 5.74) is 0.917. The zero-order valence-electron chi connectivity index (χ0n) is 9.59. The molecule has 0 aliphatic heterocycles. The predicted octanol–water partition coefficient (Wildman–Crippen LogP) is 2.42. The number of aliphatic hydroxyl groups excluding tert-OH is 1. The first kappa shape index (κ1) is 12.1. The van der Waals surface area contributed by atoms with E-state index >= 15 is 0 Å². The molecule has 2 aromatic rings. The molecule has 0 saturated carbocycles. The van der Waals surface area contributed by atoms with Gasteiger partial charge in [-0.15, -0.1) is 11.8 Å². The van der Waals surface area contributed by atoms with E-state index in [2.05, 4.69) is 10.1 Å². The Morgan fingerprint density at radius 1 is 1.29 bits per heavy atom. The van der Waals surface area contributed by atoms with Crippen molar-refractivity contribution >= 4 is 11.8 Å². The fourth-order valence-corrected chi connectivity index (χ4v) is 2.06. The second kappa shape index (κ2) is 5.84. The van der Waals surface area contributed by atoms with Gasteiger partial charge in [0.2, 0.25) is 5.89 Å². The van der Waals surface area contributed by atoms with E-state index in [-0.39, 0.29) is 6.61 Å². The number of aromatic nitrogens is 2. The molecule has 0 spiro atoms. The summed E-state index contributed by atoms with van der Waals surface area (Å²) < 4.78 is 5.10. The van der Waals surface area contributed by atoms with Gasteiger partial charge in [-0.2, -0.15) is 4.98 Å². The van der Waals surface area contributed by atoms with Crippen LogP contribution in [0.4, 0.5) is 0 Å². The van der Waals surface area contributed by atoms with E-state index < -0.39 is 0 Å². The van der Waals surface area contributed by atoms with Gasteiger partial charge < -0.3 is 9.63 Å². The molecule has 0 fully saturated rings. The molecule has 0 saturated heterocycles. The molecule has 0 bridgehead atoms. The van der Waals surface area contributed by atoms with Crippen LogP contribution in [0.15, 0.2) is 33.7 Å². The number of benzene rings is 1. The Bertz CT molecular complexity index is 468. The second-order valence-corrected chi connectivity index (χ2v) is 4.60. The summed E-state index contributed by atoms with van der Waals surface area (Å²) in [5.74, 6) is 2.07. The standard InChI is InChI=1S/C12H14N2O2S/c1-2-11-13-12(16-14-11)8-17-10-5-3-9(7-15)4-6-10/h3-6,15H,2,7-8H2,1H3. The van der Waals surface area contributed by atoms with E-state index in [4.69, 9.17) is 9.63 Å². The highest BCUT2D eigenvalue weighted by Crippen LogP contribution is 2.22. The minimum Gasteiger partial charge on any atom is -0.392 e. The molecule has 0 aliphatic rings. The second-order valence-electron chi connectivity index (χ2n) is 3.55. The maximum Gasteiger partial charge on any atom is 0.237 e. The lowest BCUT2D eigenvalue weighted by Crippen LogP contribution is -1.85. The third kappa shape index (κ3) is 3.31. The fourth-order valence-electron chi connectivity index (χ4n) is 1.33. The van der Waals surface area contributed by atoms with Gasteiger partial charge >= 0.3 is 0 Å². The first-order chi connectivity index (χ1) is 8.31. The average Bonchev–Trinajstić information content (AvgIpc) is 2.85. The molecule has 1 heterocycles. The molecule has 0 amide bonds. The van der Waals surface area contributed by atoms with Crippen LogP contribution in [0, 0.1) is 0 Å². The van der Waals surface area contributed by atoms with Gasteiger partial charge in [-0.1, -0.05) is 24.2 Å². The fraction of sp³-hybridized carbons (Fsp3) is 0.333. The lowest BCUT2D eigenvalue weighted by atomic mass is 10.2. The summed E-state index contributed by atoms with van der Waals surface area (Å²) in [6.07, 6.45) is 0.791. The van der Waals surface area contributed by atoms with Crippen molar-refractivity contribution in [1.82, 2.24) is 10.1 Å². The molecule has 0 radical (unpaired) electrons. The molecular weight excluding hydrogens is 236 g/mol. The Morgan fingerprint density at radius 3 is 2.65 bits per heavy atom. The van der Waals surface area contributed by atoms with E-state index in [9.17, 15) is 0 Å². The van der Waals surface area contributed by atoms with E-state index in [1.807, 2.05) is 31.2 Å².